The Labute approximate surface area is 249 Å². The van der Waals surface area contributed by atoms with Gasteiger partial charge in [0.1, 0.15) is 23.8 Å². The number of aromatic hydroxyl groups is 1. The van der Waals surface area contributed by atoms with Gasteiger partial charge in [-0.15, -0.1) is 0 Å². The highest BCUT2D eigenvalue weighted by Gasteiger charge is 2.25. The number of benzene rings is 1. The fourth-order valence-electron chi connectivity index (χ4n) is 4.86. The number of halogens is 2. The highest BCUT2D eigenvalue weighted by molar-refractivity contribution is 6.34. The molecule has 1 aliphatic heterocycles. The molecule has 1 aromatic carbocycles. The van der Waals surface area contributed by atoms with Crippen LogP contribution in [0.2, 0.25) is 10.0 Å². The topological polar surface area (TPSA) is 167 Å². The van der Waals surface area contributed by atoms with Gasteiger partial charge in [-0.1, -0.05) is 23.2 Å². The Balaban J connectivity index is 1.48. The van der Waals surface area contributed by atoms with E-state index in [9.17, 15) is 19.5 Å². The first-order chi connectivity index (χ1) is 20.1. The standard InChI is InChI=1S/C27H27Cl2N7O6/c1-34-13-32-26-23(27(34)40)17(14-5-16(25(30)39)24(38)18(28)6-14)9-35(26)10-22(37)33-20-7-21(31-8-19(20)29)36-3-4-42-12-15(36)11-41-2/h5-9,13,15,38H,3-4,10-12H2,1-2H3,(H2,30,39)(H,31,33,37)/t15-/m1/s1. The lowest BCUT2D eigenvalue weighted by atomic mass is 10.0. The van der Waals surface area contributed by atoms with Crippen LogP contribution in [0.4, 0.5) is 11.5 Å². The van der Waals surface area contributed by atoms with E-state index in [-0.39, 0.29) is 39.2 Å². The number of hydrogen-bond donors (Lipinski definition) is 3. The second-order valence-electron chi connectivity index (χ2n) is 9.70. The molecular formula is C27H27Cl2N7O6. The van der Waals surface area contributed by atoms with Gasteiger partial charge >= 0.3 is 0 Å². The summed E-state index contributed by atoms with van der Waals surface area (Å²) in [5.74, 6) is -1.21. The van der Waals surface area contributed by atoms with Crippen LogP contribution in [-0.2, 0) is 27.9 Å². The number of carbonyl (C=O) groups is 2. The van der Waals surface area contributed by atoms with Crippen LogP contribution in [0.25, 0.3) is 22.2 Å². The van der Waals surface area contributed by atoms with Crippen LogP contribution in [0.5, 0.6) is 5.75 Å². The van der Waals surface area contributed by atoms with Crippen LogP contribution in [0, 0.1) is 0 Å². The molecule has 1 atom stereocenters. The number of morpholine rings is 1. The second-order valence-corrected chi connectivity index (χ2v) is 10.5. The maximum absolute atomic E-state index is 13.3. The predicted molar refractivity (Wildman–Crippen MR) is 157 cm³/mol. The number of fused-ring (bicyclic) bond motifs is 1. The molecule has 0 aliphatic carbocycles. The predicted octanol–water partition coefficient (Wildman–Crippen LogP) is 2.40. The average Bonchev–Trinajstić information content (AvgIpc) is 3.32. The third-order valence-electron chi connectivity index (χ3n) is 6.89. The summed E-state index contributed by atoms with van der Waals surface area (Å²) in [5.41, 5.74) is 6.06. The first-order valence-corrected chi connectivity index (χ1v) is 13.5. The van der Waals surface area contributed by atoms with Gasteiger partial charge in [-0.3, -0.25) is 14.4 Å². The molecule has 3 aromatic heterocycles. The molecule has 0 bridgehead atoms. The van der Waals surface area contributed by atoms with Crippen molar-refractivity contribution in [3.05, 3.63) is 62.9 Å². The molecule has 1 saturated heterocycles. The zero-order chi connectivity index (χ0) is 30.1. The molecular weight excluding hydrogens is 589 g/mol. The number of rotatable bonds is 8. The van der Waals surface area contributed by atoms with Crippen LogP contribution in [0.15, 0.2) is 41.7 Å². The zero-order valence-electron chi connectivity index (χ0n) is 22.6. The molecule has 5 rings (SSSR count). The summed E-state index contributed by atoms with van der Waals surface area (Å²) in [6.07, 6.45) is 4.35. The molecule has 1 fully saturated rings. The third kappa shape index (κ3) is 5.63. The number of phenols is 1. The number of nitrogens with zero attached hydrogens (tertiary/aromatic N) is 5. The van der Waals surface area contributed by atoms with Crippen molar-refractivity contribution < 1.29 is 24.2 Å². The van der Waals surface area contributed by atoms with Crippen molar-refractivity contribution in [3.8, 4) is 16.9 Å². The maximum atomic E-state index is 13.3. The molecule has 0 unspecified atom stereocenters. The molecule has 4 heterocycles. The first kappa shape index (κ1) is 29.3. The zero-order valence-corrected chi connectivity index (χ0v) is 24.1. The minimum Gasteiger partial charge on any atom is -0.506 e. The SMILES string of the molecule is COC[C@@H]1COCCN1c1cc(NC(=O)Cn2cc(-c3cc(Cl)c(O)c(C(N)=O)c3)c3c(=O)n(C)cnc32)c(Cl)cn1. The van der Waals surface area contributed by atoms with Crippen molar-refractivity contribution in [2.75, 3.05) is 43.7 Å². The van der Waals surface area contributed by atoms with Gasteiger partial charge in [0.2, 0.25) is 5.91 Å². The van der Waals surface area contributed by atoms with Crippen molar-refractivity contribution in [1.82, 2.24) is 19.1 Å². The van der Waals surface area contributed by atoms with Gasteiger partial charge in [-0.2, -0.15) is 0 Å². The Morgan fingerprint density at radius 1 is 1.24 bits per heavy atom. The maximum Gasteiger partial charge on any atom is 0.263 e. The van der Waals surface area contributed by atoms with Crippen molar-refractivity contribution in [3.63, 3.8) is 0 Å². The van der Waals surface area contributed by atoms with Gasteiger partial charge in [0.15, 0.2) is 0 Å². The number of nitrogens with two attached hydrogens (primary N) is 1. The minimum atomic E-state index is -0.899. The van der Waals surface area contributed by atoms with E-state index in [1.807, 2.05) is 4.90 Å². The number of ether oxygens (including phenoxy) is 2. The van der Waals surface area contributed by atoms with Gasteiger partial charge in [-0.05, 0) is 17.7 Å². The summed E-state index contributed by atoms with van der Waals surface area (Å²) >= 11 is 12.6. The molecule has 15 heteroatoms. The van der Waals surface area contributed by atoms with E-state index in [1.165, 1.54) is 40.8 Å². The Hall–Kier alpha value is -4.17. The van der Waals surface area contributed by atoms with Crippen molar-refractivity contribution in [2.45, 2.75) is 12.6 Å². The van der Waals surface area contributed by atoms with Gasteiger partial charge in [0, 0.05) is 38.5 Å². The second kappa shape index (κ2) is 12.0. The molecule has 4 N–H and O–H groups in total. The Bertz CT molecular complexity index is 1750. The number of amides is 2. The summed E-state index contributed by atoms with van der Waals surface area (Å²) in [6, 6.07) is 4.36. The minimum absolute atomic E-state index is 0.0530. The molecule has 4 aromatic rings. The van der Waals surface area contributed by atoms with E-state index in [0.717, 1.165) is 0 Å². The number of carbonyl (C=O) groups excluding carboxylic acids is 2. The van der Waals surface area contributed by atoms with Crippen molar-refractivity contribution in [1.29, 1.82) is 0 Å². The highest BCUT2D eigenvalue weighted by atomic mass is 35.5. The first-order valence-electron chi connectivity index (χ1n) is 12.7. The van der Waals surface area contributed by atoms with Crippen molar-refractivity contribution >= 4 is 57.6 Å². The molecule has 0 saturated carbocycles. The van der Waals surface area contributed by atoms with E-state index < -0.39 is 23.1 Å². The lowest BCUT2D eigenvalue weighted by molar-refractivity contribution is -0.116. The molecule has 220 valence electrons. The van der Waals surface area contributed by atoms with Gasteiger partial charge in [0.05, 0.1) is 65.1 Å². The number of aromatic nitrogens is 4. The Morgan fingerprint density at radius 2 is 2.02 bits per heavy atom. The van der Waals surface area contributed by atoms with Crippen LogP contribution in [-0.4, -0.2) is 75.5 Å². The Morgan fingerprint density at radius 3 is 2.76 bits per heavy atom. The molecule has 0 spiro atoms. The lowest BCUT2D eigenvalue weighted by Gasteiger charge is -2.36. The smallest absolute Gasteiger partial charge is 0.263 e. The van der Waals surface area contributed by atoms with Crippen LogP contribution >= 0.6 is 23.2 Å². The number of pyridine rings is 1. The van der Waals surface area contributed by atoms with Crippen LogP contribution < -0.4 is 21.5 Å². The average molecular weight is 616 g/mol. The number of anilines is 2. The summed E-state index contributed by atoms with van der Waals surface area (Å²) in [6.45, 7) is 1.79. The summed E-state index contributed by atoms with van der Waals surface area (Å²) < 4.78 is 13.7. The molecule has 1 aliphatic rings. The number of aryl methyl sites for hydroxylation is 1. The molecule has 42 heavy (non-hydrogen) atoms. The summed E-state index contributed by atoms with van der Waals surface area (Å²) in [7, 11) is 3.15. The largest absolute Gasteiger partial charge is 0.506 e. The lowest BCUT2D eigenvalue weighted by Crippen LogP contribution is -2.48. The molecule has 13 nitrogen and oxygen atoms in total. The van der Waals surface area contributed by atoms with Gasteiger partial charge in [0.25, 0.3) is 11.5 Å². The number of nitrogens with one attached hydrogen (secondary N) is 1. The number of primary amides is 1. The van der Waals surface area contributed by atoms with E-state index in [0.29, 0.717) is 49.0 Å². The summed E-state index contributed by atoms with van der Waals surface area (Å²) in [4.78, 5) is 49.2. The quantitative estimate of drug-likeness (QED) is 0.269. The fraction of sp³-hybridized carbons (Fsp3) is 0.296. The third-order valence-corrected chi connectivity index (χ3v) is 7.48. The summed E-state index contributed by atoms with van der Waals surface area (Å²) in [5, 5.41) is 13.3. The van der Waals surface area contributed by atoms with Crippen LogP contribution in [0.1, 0.15) is 10.4 Å². The Kier molecular flexibility index (Phi) is 8.36. The van der Waals surface area contributed by atoms with Crippen molar-refractivity contribution in [2.24, 2.45) is 12.8 Å². The number of hydrogen-bond acceptors (Lipinski definition) is 9. The van der Waals surface area contributed by atoms with E-state index >= 15 is 0 Å². The number of methoxy groups -OCH3 is 1. The van der Waals surface area contributed by atoms with Gasteiger partial charge < -0.3 is 39.7 Å². The molecule has 2 amide bonds. The highest BCUT2D eigenvalue weighted by Crippen LogP contribution is 2.36. The van der Waals surface area contributed by atoms with E-state index in [4.69, 9.17) is 38.4 Å². The monoisotopic (exact) mass is 615 g/mol. The van der Waals surface area contributed by atoms with E-state index in [2.05, 4.69) is 15.3 Å². The fourth-order valence-corrected chi connectivity index (χ4v) is 5.23. The molecule has 0 radical (unpaired) electrons. The normalized spacial score (nSPS) is 15.2. The van der Waals surface area contributed by atoms with Crippen LogP contribution in [0.3, 0.4) is 0 Å². The van der Waals surface area contributed by atoms with E-state index in [1.54, 1.807) is 19.4 Å². The van der Waals surface area contributed by atoms with Gasteiger partial charge in [-0.25, -0.2) is 9.97 Å².